The fourth-order valence-corrected chi connectivity index (χ4v) is 4.44. The summed E-state index contributed by atoms with van der Waals surface area (Å²) in [6, 6.07) is -0.0150. The van der Waals surface area contributed by atoms with Gasteiger partial charge in [0.25, 0.3) is 0 Å². The normalized spacial score (nSPS) is 37.6. The molecule has 1 aliphatic carbocycles. The predicted molar refractivity (Wildman–Crippen MR) is 74.0 cm³/mol. The lowest BCUT2D eigenvalue weighted by Crippen LogP contribution is -2.43. The number of rotatable bonds is 3. The predicted octanol–water partition coefficient (Wildman–Crippen LogP) is 0.896. The van der Waals surface area contributed by atoms with Gasteiger partial charge in [-0.3, -0.25) is 4.79 Å². The Morgan fingerprint density at radius 3 is 2.45 bits per heavy atom. The Bertz CT molecular complexity index is 506. The third kappa shape index (κ3) is 2.83. The van der Waals surface area contributed by atoms with Crippen LogP contribution < -0.4 is 5.73 Å². The molecule has 4 unspecified atom stereocenters. The first-order valence-corrected chi connectivity index (χ1v) is 8.44. The Morgan fingerprint density at radius 1 is 1.45 bits per heavy atom. The Labute approximate surface area is 119 Å². The van der Waals surface area contributed by atoms with Crippen molar-refractivity contribution in [3.8, 4) is 0 Å². The molecule has 7 heteroatoms. The molecule has 1 saturated heterocycles. The van der Waals surface area contributed by atoms with Gasteiger partial charge in [-0.2, -0.15) is 8.42 Å². The van der Waals surface area contributed by atoms with E-state index >= 15 is 0 Å². The van der Waals surface area contributed by atoms with E-state index < -0.39 is 15.5 Å². The van der Waals surface area contributed by atoms with Gasteiger partial charge in [0.2, 0.25) is 5.91 Å². The van der Waals surface area contributed by atoms with Crippen LogP contribution in [0.2, 0.25) is 0 Å². The van der Waals surface area contributed by atoms with Crippen molar-refractivity contribution < 1.29 is 17.1 Å². The van der Waals surface area contributed by atoms with E-state index in [-0.39, 0.29) is 36.2 Å². The number of hydrogen-bond acceptors (Lipinski definition) is 4. The van der Waals surface area contributed by atoms with Crippen molar-refractivity contribution in [2.24, 2.45) is 23.0 Å². The van der Waals surface area contributed by atoms with Crippen LogP contribution in [-0.2, 0) is 15.0 Å². The molecule has 116 valence electrons. The van der Waals surface area contributed by atoms with E-state index in [1.165, 1.54) is 4.90 Å². The highest BCUT2D eigenvalue weighted by molar-refractivity contribution is 7.87. The molecule has 0 aromatic carbocycles. The molecule has 0 aromatic rings. The number of nitrogens with two attached hydrogens (primary N) is 1. The molecule has 0 aromatic heterocycles. The van der Waals surface area contributed by atoms with E-state index in [9.17, 15) is 17.1 Å². The van der Waals surface area contributed by atoms with Crippen LogP contribution in [0.5, 0.6) is 0 Å². The molecule has 0 spiro atoms. The molecule has 2 aliphatic rings. The molecule has 0 bridgehead atoms. The van der Waals surface area contributed by atoms with Gasteiger partial charge in [-0.05, 0) is 23.7 Å². The molecule has 1 heterocycles. The summed E-state index contributed by atoms with van der Waals surface area (Å²) in [4.78, 5) is 13.3. The highest BCUT2D eigenvalue weighted by Gasteiger charge is 2.47. The summed E-state index contributed by atoms with van der Waals surface area (Å²) in [5, 5.41) is -1.21. The summed E-state index contributed by atoms with van der Waals surface area (Å²) in [6.45, 7) is 6.69. The molecule has 0 radical (unpaired) electrons. The van der Waals surface area contributed by atoms with E-state index in [0.717, 1.165) is 6.42 Å². The summed E-state index contributed by atoms with van der Waals surface area (Å²) >= 11 is 0. The van der Waals surface area contributed by atoms with Crippen LogP contribution in [-0.4, -0.2) is 43.6 Å². The number of amides is 1. The van der Waals surface area contributed by atoms with Gasteiger partial charge < -0.3 is 10.6 Å². The minimum Gasteiger partial charge on any atom is -0.341 e. The molecule has 20 heavy (non-hydrogen) atoms. The van der Waals surface area contributed by atoms with Crippen molar-refractivity contribution in [3.05, 3.63) is 0 Å². The Morgan fingerprint density at radius 2 is 2.05 bits per heavy atom. The lowest BCUT2D eigenvalue weighted by molar-refractivity contribution is -0.128. The first-order valence-electron chi connectivity index (χ1n) is 6.99. The van der Waals surface area contributed by atoms with Gasteiger partial charge in [-0.1, -0.05) is 20.8 Å². The second-order valence-corrected chi connectivity index (χ2v) is 8.57. The number of carbonyl (C=O) groups is 1. The van der Waals surface area contributed by atoms with Gasteiger partial charge in [0.1, 0.15) is 5.25 Å². The quantitative estimate of drug-likeness (QED) is 0.785. The van der Waals surface area contributed by atoms with E-state index in [1.54, 1.807) is 0 Å². The van der Waals surface area contributed by atoms with Gasteiger partial charge >= 0.3 is 10.2 Å². The van der Waals surface area contributed by atoms with Gasteiger partial charge in [0.05, 0.1) is 0 Å². The van der Waals surface area contributed by atoms with Crippen LogP contribution >= 0.6 is 0 Å². The topological polar surface area (TPSA) is 80.5 Å². The molecule has 2 N–H and O–H groups in total. The number of halogens is 1. The number of hydrogen-bond donors (Lipinski definition) is 1. The highest BCUT2D eigenvalue weighted by Crippen LogP contribution is 2.45. The zero-order valence-corrected chi connectivity index (χ0v) is 13.0. The SMILES string of the molecule is CC1CC(C)(C)C(CN2CC(S(=O)(=O)F)CC2=O)C1N. The summed E-state index contributed by atoms with van der Waals surface area (Å²) in [5.74, 6) is 0.190. The van der Waals surface area contributed by atoms with Crippen LogP contribution in [0.25, 0.3) is 0 Å². The summed E-state index contributed by atoms with van der Waals surface area (Å²) < 4.78 is 34.9. The lowest BCUT2D eigenvalue weighted by Gasteiger charge is -2.33. The molecule has 1 amide bonds. The van der Waals surface area contributed by atoms with Crippen molar-refractivity contribution >= 4 is 16.1 Å². The van der Waals surface area contributed by atoms with Crippen molar-refractivity contribution in [2.45, 2.75) is 44.9 Å². The first kappa shape index (κ1) is 15.7. The smallest absolute Gasteiger partial charge is 0.307 e. The van der Waals surface area contributed by atoms with Crippen LogP contribution in [0.1, 0.15) is 33.6 Å². The summed E-state index contributed by atoms with van der Waals surface area (Å²) in [6.07, 6.45) is 0.725. The summed E-state index contributed by atoms with van der Waals surface area (Å²) in [7, 11) is -4.65. The van der Waals surface area contributed by atoms with Crippen molar-refractivity contribution in [1.29, 1.82) is 0 Å². The molecule has 1 saturated carbocycles. The molecule has 2 rings (SSSR count). The number of likely N-dealkylation sites (tertiary alicyclic amines) is 1. The lowest BCUT2D eigenvalue weighted by atomic mass is 9.80. The van der Waals surface area contributed by atoms with E-state index in [2.05, 4.69) is 20.8 Å². The van der Waals surface area contributed by atoms with Gasteiger partial charge in [0.15, 0.2) is 0 Å². The standard InChI is InChI=1S/C13H23FN2O3S/c1-8-5-13(2,3)10(12(8)15)7-16-6-9(4-11(16)17)20(14,18)19/h8-10,12H,4-7,15H2,1-3H3. The summed E-state index contributed by atoms with van der Waals surface area (Å²) in [5.41, 5.74) is 6.22. The highest BCUT2D eigenvalue weighted by atomic mass is 32.3. The minimum absolute atomic E-state index is 0.00574. The minimum atomic E-state index is -4.65. The van der Waals surface area contributed by atoms with Crippen LogP contribution in [0.3, 0.4) is 0 Å². The van der Waals surface area contributed by atoms with Crippen molar-refractivity contribution in [2.75, 3.05) is 13.1 Å². The second kappa shape index (κ2) is 4.94. The maximum Gasteiger partial charge on any atom is 0.307 e. The molecular weight excluding hydrogens is 283 g/mol. The average molecular weight is 306 g/mol. The second-order valence-electron chi connectivity index (χ2n) is 6.95. The van der Waals surface area contributed by atoms with E-state index in [1.807, 2.05) is 0 Å². The average Bonchev–Trinajstić information content (AvgIpc) is 2.73. The number of nitrogens with zero attached hydrogens (tertiary/aromatic N) is 1. The third-order valence-corrected chi connectivity index (χ3v) is 6.08. The van der Waals surface area contributed by atoms with Gasteiger partial charge in [0, 0.05) is 25.6 Å². The molecular formula is C13H23FN2O3S. The van der Waals surface area contributed by atoms with Crippen LogP contribution in [0.4, 0.5) is 3.89 Å². The van der Waals surface area contributed by atoms with E-state index in [0.29, 0.717) is 12.5 Å². The third-order valence-electron chi connectivity index (χ3n) is 4.97. The fraction of sp³-hybridized carbons (Fsp3) is 0.923. The number of carbonyl (C=O) groups excluding carboxylic acids is 1. The van der Waals surface area contributed by atoms with Gasteiger partial charge in [-0.25, -0.2) is 0 Å². The Hall–Kier alpha value is -0.690. The van der Waals surface area contributed by atoms with Crippen molar-refractivity contribution in [1.82, 2.24) is 4.90 Å². The zero-order chi connectivity index (χ0) is 15.3. The Balaban J connectivity index is 2.09. The fourth-order valence-electron chi connectivity index (χ4n) is 3.74. The maximum absolute atomic E-state index is 13.0. The van der Waals surface area contributed by atoms with E-state index in [4.69, 9.17) is 5.73 Å². The first-order chi connectivity index (χ1) is 9.02. The maximum atomic E-state index is 13.0. The van der Waals surface area contributed by atoms with Crippen LogP contribution in [0.15, 0.2) is 0 Å². The zero-order valence-electron chi connectivity index (χ0n) is 12.2. The molecule has 1 aliphatic heterocycles. The van der Waals surface area contributed by atoms with Gasteiger partial charge in [-0.15, -0.1) is 3.89 Å². The van der Waals surface area contributed by atoms with Crippen LogP contribution in [0, 0.1) is 17.3 Å². The monoisotopic (exact) mass is 306 g/mol. The Kier molecular flexibility index (Phi) is 3.88. The largest absolute Gasteiger partial charge is 0.341 e. The molecule has 2 fully saturated rings. The molecule has 5 nitrogen and oxygen atoms in total. The van der Waals surface area contributed by atoms with Crippen molar-refractivity contribution in [3.63, 3.8) is 0 Å². The molecule has 4 atom stereocenters.